The van der Waals surface area contributed by atoms with Gasteiger partial charge in [0, 0.05) is 37.0 Å². The molecule has 0 aliphatic carbocycles. The summed E-state index contributed by atoms with van der Waals surface area (Å²) in [5.74, 6) is 0.781. The highest BCUT2D eigenvalue weighted by Gasteiger charge is 2.16. The van der Waals surface area contributed by atoms with Gasteiger partial charge in [0.05, 0.1) is 11.6 Å². The summed E-state index contributed by atoms with van der Waals surface area (Å²) in [6.07, 6.45) is 5.43. The number of amides is 1. The first-order valence-electron chi connectivity index (χ1n) is 8.25. The summed E-state index contributed by atoms with van der Waals surface area (Å²) < 4.78 is 0. The maximum Gasteiger partial charge on any atom is 0.251 e. The van der Waals surface area contributed by atoms with Crippen molar-refractivity contribution >= 4 is 11.7 Å². The smallest absolute Gasteiger partial charge is 0.251 e. The summed E-state index contributed by atoms with van der Waals surface area (Å²) in [6, 6.07) is 12.7. The van der Waals surface area contributed by atoms with Crippen molar-refractivity contribution in [3.63, 3.8) is 0 Å². The molecule has 1 aromatic carbocycles. The highest BCUT2D eigenvalue weighted by Crippen LogP contribution is 2.21. The standard InChI is InChI=1S/C19H20N4O/c20-13-15-6-4-7-16(12-15)19(24)22-14-17-8-5-9-21-18(17)23-10-2-1-3-11-23/h4-9,12H,1-3,10-11,14H2,(H,22,24). The molecule has 0 atom stereocenters. The predicted octanol–water partition coefficient (Wildman–Crippen LogP) is 2.87. The van der Waals surface area contributed by atoms with Gasteiger partial charge in [-0.1, -0.05) is 12.1 Å². The van der Waals surface area contributed by atoms with Gasteiger partial charge >= 0.3 is 0 Å². The number of nitriles is 1. The topological polar surface area (TPSA) is 69.0 Å². The van der Waals surface area contributed by atoms with E-state index < -0.39 is 0 Å². The molecule has 3 rings (SSSR count). The Hall–Kier alpha value is -2.87. The van der Waals surface area contributed by atoms with Crippen LogP contribution < -0.4 is 10.2 Å². The van der Waals surface area contributed by atoms with Crippen LogP contribution in [0.25, 0.3) is 0 Å². The van der Waals surface area contributed by atoms with Crippen LogP contribution in [0.2, 0.25) is 0 Å². The molecular weight excluding hydrogens is 300 g/mol. The molecule has 5 heteroatoms. The summed E-state index contributed by atoms with van der Waals surface area (Å²) in [6.45, 7) is 2.46. The van der Waals surface area contributed by atoms with E-state index in [0.29, 0.717) is 17.7 Å². The molecular formula is C19H20N4O. The number of pyridine rings is 1. The number of anilines is 1. The average molecular weight is 320 g/mol. The van der Waals surface area contributed by atoms with Gasteiger partial charge in [0.15, 0.2) is 0 Å². The highest BCUT2D eigenvalue weighted by molar-refractivity contribution is 5.94. The average Bonchev–Trinajstić information content (AvgIpc) is 2.67. The minimum absolute atomic E-state index is 0.180. The SMILES string of the molecule is N#Cc1cccc(C(=O)NCc2cccnc2N2CCCCC2)c1. The summed E-state index contributed by atoms with van der Waals surface area (Å²) in [5.41, 5.74) is 2.00. The molecule has 0 bridgehead atoms. The number of rotatable bonds is 4. The number of nitrogens with one attached hydrogen (secondary N) is 1. The van der Waals surface area contributed by atoms with Crippen molar-refractivity contribution in [3.8, 4) is 6.07 Å². The van der Waals surface area contributed by atoms with Gasteiger partial charge in [0.25, 0.3) is 5.91 Å². The Bertz CT molecular complexity index is 760. The van der Waals surface area contributed by atoms with Gasteiger partial charge in [-0.2, -0.15) is 5.26 Å². The second-order valence-corrected chi connectivity index (χ2v) is 5.91. The number of carbonyl (C=O) groups excluding carboxylic acids is 1. The zero-order valence-electron chi connectivity index (χ0n) is 13.5. The van der Waals surface area contributed by atoms with Gasteiger partial charge in [-0.05, 0) is 43.5 Å². The molecule has 1 fully saturated rings. The second-order valence-electron chi connectivity index (χ2n) is 5.91. The van der Waals surface area contributed by atoms with Gasteiger partial charge in [-0.25, -0.2) is 4.98 Å². The van der Waals surface area contributed by atoms with E-state index in [1.165, 1.54) is 19.3 Å². The normalized spacial score (nSPS) is 14.0. The first kappa shape index (κ1) is 16.0. The highest BCUT2D eigenvalue weighted by atomic mass is 16.1. The zero-order chi connectivity index (χ0) is 16.8. The summed E-state index contributed by atoms with van der Waals surface area (Å²) >= 11 is 0. The molecule has 0 spiro atoms. The molecule has 1 aliphatic rings. The van der Waals surface area contributed by atoms with Crippen LogP contribution in [0.3, 0.4) is 0 Å². The van der Waals surface area contributed by atoms with Crippen LogP contribution in [0.1, 0.15) is 40.7 Å². The summed E-state index contributed by atoms with van der Waals surface area (Å²) in [5, 5.41) is 11.9. The van der Waals surface area contributed by atoms with Crippen molar-refractivity contribution in [2.75, 3.05) is 18.0 Å². The van der Waals surface area contributed by atoms with E-state index in [2.05, 4.69) is 21.3 Å². The molecule has 0 saturated carbocycles. The molecule has 1 amide bonds. The lowest BCUT2D eigenvalue weighted by atomic mass is 10.1. The number of piperidine rings is 1. The molecule has 1 N–H and O–H groups in total. The van der Waals surface area contributed by atoms with Crippen molar-refractivity contribution in [1.82, 2.24) is 10.3 Å². The number of benzene rings is 1. The fraction of sp³-hybridized carbons (Fsp3) is 0.316. The van der Waals surface area contributed by atoms with E-state index in [0.717, 1.165) is 24.5 Å². The molecule has 2 heterocycles. The molecule has 0 radical (unpaired) electrons. The largest absolute Gasteiger partial charge is 0.356 e. The third kappa shape index (κ3) is 3.72. The monoisotopic (exact) mass is 320 g/mol. The van der Waals surface area contributed by atoms with Crippen LogP contribution in [-0.4, -0.2) is 24.0 Å². The Morgan fingerprint density at radius 3 is 2.83 bits per heavy atom. The lowest BCUT2D eigenvalue weighted by molar-refractivity contribution is 0.0951. The first-order valence-corrected chi connectivity index (χ1v) is 8.25. The Kier molecular flexibility index (Phi) is 5.07. The van der Waals surface area contributed by atoms with E-state index >= 15 is 0 Å². The summed E-state index contributed by atoms with van der Waals surface area (Å²) in [4.78, 5) is 19.1. The number of hydrogen-bond donors (Lipinski definition) is 1. The van der Waals surface area contributed by atoms with Gasteiger partial charge in [0.2, 0.25) is 0 Å². The minimum Gasteiger partial charge on any atom is -0.356 e. The lowest BCUT2D eigenvalue weighted by Gasteiger charge is -2.29. The minimum atomic E-state index is -0.180. The predicted molar refractivity (Wildman–Crippen MR) is 92.6 cm³/mol. The van der Waals surface area contributed by atoms with Crippen LogP contribution in [0.15, 0.2) is 42.6 Å². The zero-order valence-corrected chi connectivity index (χ0v) is 13.5. The van der Waals surface area contributed by atoms with Crippen LogP contribution in [0, 0.1) is 11.3 Å². The Labute approximate surface area is 141 Å². The van der Waals surface area contributed by atoms with Crippen molar-refractivity contribution in [3.05, 3.63) is 59.3 Å². The van der Waals surface area contributed by atoms with Crippen molar-refractivity contribution in [2.24, 2.45) is 0 Å². The molecule has 1 saturated heterocycles. The quantitative estimate of drug-likeness (QED) is 0.940. The van der Waals surface area contributed by atoms with Gasteiger partial charge in [-0.3, -0.25) is 4.79 Å². The molecule has 0 unspecified atom stereocenters. The molecule has 1 aromatic heterocycles. The fourth-order valence-corrected chi connectivity index (χ4v) is 2.97. The van der Waals surface area contributed by atoms with Crippen LogP contribution >= 0.6 is 0 Å². The molecule has 5 nitrogen and oxygen atoms in total. The second kappa shape index (κ2) is 7.60. The third-order valence-corrected chi connectivity index (χ3v) is 4.22. The fourth-order valence-electron chi connectivity index (χ4n) is 2.97. The third-order valence-electron chi connectivity index (χ3n) is 4.22. The molecule has 24 heavy (non-hydrogen) atoms. The summed E-state index contributed by atoms with van der Waals surface area (Å²) in [7, 11) is 0. The molecule has 122 valence electrons. The molecule has 2 aromatic rings. The van der Waals surface area contributed by atoms with Crippen LogP contribution in [0.4, 0.5) is 5.82 Å². The number of aromatic nitrogens is 1. The Morgan fingerprint density at radius 1 is 1.21 bits per heavy atom. The van der Waals surface area contributed by atoms with Crippen molar-refractivity contribution in [2.45, 2.75) is 25.8 Å². The van der Waals surface area contributed by atoms with Gasteiger partial charge < -0.3 is 10.2 Å². The van der Waals surface area contributed by atoms with E-state index in [4.69, 9.17) is 5.26 Å². The van der Waals surface area contributed by atoms with E-state index in [1.54, 1.807) is 30.5 Å². The van der Waals surface area contributed by atoms with Crippen molar-refractivity contribution in [1.29, 1.82) is 5.26 Å². The lowest BCUT2D eigenvalue weighted by Crippen LogP contribution is -2.32. The Morgan fingerprint density at radius 2 is 2.04 bits per heavy atom. The van der Waals surface area contributed by atoms with E-state index in [9.17, 15) is 4.79 Å². The molecule has 1 aliphatic heterocycles. The van der Waals surface area contributed by atoms with E-state index in [1.807, 2.05) is 12.1 Å². The first-order chi connectivity index (χ1) is 11.8. The van der Waals surface area contributed by atoms with Gasteiger partial charge in [-0.15, -0.1) is 0 Å². The van der Waals surface area contributed by atoms with E-state index in [-0.39, 0.29) is 5.91 Å². The maximum atomic E-state index is 12.3. The van der Waals surface area contributed by atoms with Crippen LogP contribution in [0.5, 0.6) is 0 Å². The van der Waals surface area contributed by atoms with Crippen molar-refractivity contribution < 1.29 is 4.79 Å². The van der Waals surface area contributed by atoms with Gasteiger partial charge in [0.1, 0.15) is 5.82 Å². The Balaban J connectivity index is 1.70. The number of hydrogen-bond acceptors (Lipinski definition) is 4. The number of nitrogens with zero attached hydrogens (tertiary/aromatic N) is 3. The maximum absolute atomic E-state index is 12.3. The number of carbonyl (C=O) groups is 1. The van der Waals surface area contributed by atoms with Crippen LogP contribution in [-0.2, 0) is 6.54 Å².